The Balaban J connectivity index is 1.82. The predicted molar refractivity (Wildman–Crippen MR) is 147 cm³/mol. The Labute approximate surface area is 243 Å². The Hall–Kier alpha value is -3.90. The first-order valence-electron chi connectivity index (χ1n) is 12.3. The Morgan fingerprint density at radius 2 is 1.73 bits per heavy atom. The lowest BCUT2D eigenvalue weighted by molar-refractivity contribution is -0.141. The lowest BCUT2D eigenvalue weighted by Gasteiger charge is -2.36. The zero-order valence-corrected chi connectivity index (χ0v) is 24.0. The van der Waals surface area contributed by atoms with Crippen molar-refractivity contribution in [2.45, 2.75) is 52.4 Å². The van der Waals surface area contributed by atoms with Crippen LogP contribution >= 0.6 is 23.2 Å². The van der Waals surface area contributed by atoms with E-state index in [0.717, 1.165) is 21.2 Å². The van der Waals surface area contributed by atoms with Crippen molar-refractivity contribution in [1.29, 1.82) is 0 Å². The van der Waals surface area contributed by atoms with Gasteiger partial charge in [-0.15, -0.1) is 0 Å². The van der Waals surface area contributed by atoms with E-state index in [1.807, 2.05) is 13.0 Å². The molecule has 4 aromatic rings. The summed E-state index contributed by atoms with van der Waals surface area (Å²) in [6.07, 6.45) is -2.75. The topological polar surface area (TPSA) is 91.0 Å². The van der Waals surface area contributed by atoms with Crippen molar-refractivity contribution >= 4 is 40.7 Å². The summed E-state index contributed by atoms with van der Waals surface area (Å²) in [6.45, 7) is 8.45. The van der Waals surface area contributed by atoms with Gasteiger partial charge in [-0.05, 0) is 63.9 Å². The SMILES string of the molecule is CC1=C(c2ncnn2-c2ccc(C)cn2)[C@@H](c2ccc(Cl)c(Cl)c2)n2nc(C(F)(F)F)cc2N1C(=O)OC(C)(C)C. The maximum Gasteiger partial charge on any atom is 0.435 e. The number of anilines is 1. The van der Waals surface area contributed by atoms with Gasteiger partial charge < -0.3 is 4.74 Å². The van der Waals surface area contributed by atoms with E-state index in [2.05, 4.69) is 20.2 Å². The first kappa shape index (κ1) is 28.6. The fraction of sp³-hybridized carbons (Fsp3) is 0.296. The van der Waals surface area contributed by atoms with Gasteiger partial charge in [-0.3, -0.25) is 0 Å². The minimum absolute atomic E-state index is 0.150. The molecule has 0 fully saturated rings. The monoisotopic (exact) mass is 605 g/mol. The molecule has 4 heterocycles. The number of fused-ring (bicyclic) bond motifs is 1. The van der Waals surface area contributed by atoms with Gasteiger partial charge in [0.1, 0.15) is 23.8 Å². The number of alkyl halides is 3. The number of benzene rings is 1. The molecule has 1 aliphatic heterocycles. The third-order valence-electron chi connectivity index (χ3n) is 6.22. The van der Waals surface area contributed by atoms with E-state index < -0.39 is 29.6 Å². The van der Waals surface area contributed by atoms with Gasteiger partial charge in [-0.25, -0.2) is 24.3 Å². The standard InChI is InChI=1S/C27H24Cl2F3N7O2/c1-14-6-9-20(33-12-14)38-24(34-13-35-38)22-15(2)37(25(40)41-26(3,4)5)21-11-19(27(30,31)32)36-39(21)23(22)16-7-8-17(28)18(29)10-16/h6-13,23H,1-5H3/t23-/m1/s1. The van der Waals surface area contributed by atoms with Crippen LogP contribution in [0.5, 0.6) is 0 Å². The largest absolute Gasteiger partial charge is 0.443 e. The quantitative estimate of drug-likeness (QED) is 0.244. The molecule has 1 aliphatic rings. The highest BCUT2D eigenvalue weighted by Crippen LogP contribution is 2.46. The lowest BCUT2D eigenvalue weighted by Crippen LogP contribution is -2.41. The van der Waals surface area contributed by atoms with Crippen LogP contribution in [-0.2, 0) is 10.9 Å². The molecule has 0 unspecified atom stereocenters. The maximum atomic E-state index is 14.0. The van der Waals surface area contributed by atoms with Crippen LogP contribution < -0.4 is 4.90 Å². The fourth-order valence-electron chi connectivity index (χ4n) is 4.48. The molecule has 0 aliphatic carbocycles. The smallest absolute Gasteiger partial charge is 0.435 e. The van der Waals surface area contributed by atoms with Crippen LogP contribution in [0.15, 0.2) is 54.6 Å². The Kier molecular flexibility index (Phi) is 7.11. The minimum atomic E-state index is -4.80. The van der Waals surface area contributed by atoms with Crippen LogP contribution in [0.3, 0.4) is 0 Å². The zero-order chi connectivity index (χ0) is 29.9. The number of carbonyl (C=O) groups is 1. The molecule has 0 saturated carbocycles. The molecule has 214 valence electrons. The number of aryl methyl sites for hydroxylation is 1. The molecule has 0 radical (unpaired) electrons. The van der Waals surface area contributed by atoms with E-state index >= 15 is 0 Å². The molecule has 0 spiro atoms. The Morgan fingerprint density at radius 1 is 1.00 bits per heavy atom. The fourth-order valence-corrected chi connectivity index (χ4v) is 4.79. The average molecular weight is 606 g/mol. The summed E-state index contributed by atoms with van der Waals surface area (Å²) in [4.78, 5) is 23.5. The van der Waals surface area contributed by atoms with Crippen molar-refractivity contribution in [1.82, 2.24) is 29.5 Å². The molecule has 9 nitrogen and oxygen atoms in total. The van der Waals surface area contributed by atoms with Crippen molar-refractivity contribution in [2.75, 3.05) is 4.90 Å². The molecule has 3 aromatic heterocycles. The number of rotatable bonds is 3. The van der Waals surface area contributed by atoms with Gasteiger partial charge >= 0.3 is 12.3 Å². The number of aromatic nitrogens is 6. The third kappa shape index (κ3) is 5.41. The summed E-state index contributed by atoms with van der Waals surface area (Å²) in [6, 6.07) is 8.04. The van der Waals surface area contributed by atoms with E-state index in [1.165, 1.54) is 23.1 Å². The van der Waals surface area contributed by atoms with Gasteiger partial charge in [0.2, 0.25) is 0 Å². The molecule has 1 atom stereocenters. The van der Waals surface area contributed by atoms with E-state index in [1.54, 1.807) is 46.0 Å². The van der Waals surface area contributed by atoms with Gasteiger partial charge in [-0.2, -0.15) is 28.1 Å². The number of pyridine rings is 1. The van der Waals surface area contributed by atoms with Gasteiger partial charge in [0.05, 0.1) is 10.0 Å². The number of amides is 1. The van der Waals surface area contributed by atoms with Crippen LogP contribution in [-0.4, -0.2) is 41.2 Å². The second kappa shape index (κ2) is 10.2. The van der Waals surface area contributed by atoms with E-state index in [4.69, 9.17) is 27.9 Å². The summed E-state index contributed by atoms with van der Waals surface area (Å²) in [5.74, 6) is 0.476. The number of halogens is 5. The molecule has 1 aromatic carbocycles. The number of hydrogen-bond acceptors (Lipinski definition) is 6. The minimum Gasteiger partial charge on any atom is -0.443 e. The van der Waals surface area contributed by atoms with E-state index in [0.29, 0.717) is 17.0 Å². The number of nitrogens with zero attached hydrogens (tertiary/aromatic N) is 7. The van der Waals surface area contributed by atoms with Gasteiger partial charge in [0.25, 0.3) is 0 Å². The molecule has 41 heavy (non-hydrogen) atoms. The van der Waals surface area contributed by atoms with Gasteiger partial charge in [0, 0.05) is 23.5 Å². The highest BCUT2D eigenvalue weighted by atomic mass is 35.5. The second-order valence-electron chi connectivity index (χ2n) is 10.4. The average Bonchev–Trinajstić information content (AvgIpc) is 3.52. The number of ether oxygens (including phenoxy) is 1. The van der Waals surface area contributed by atoms with Crippen molar-refractivity contribution in [3.8, 4) is 5.82 Å². The summed E-state index contributed by atoms with van der Waals surface area (Å²) < 4.78 is 50.2. The van der Waals surface area contributed by atoms with E-state index in [-0.39, 0.29) is 27.4 Å². The van der Waals surface area contributed by atoms with E-state index in [9.17, 15) is 18.0 Å². The van der Waals surface area contributed by atoms with Gasteiger partial charge in [-0.1, -0.05) is 35.3 Å². The highest BCUT2D eigenvalue weighted by molar-refractivity contribution is 6.42. The lowest BCUT2D eigenvalue weighted by atomic mass is 9.94. The zero-order valence-electron chi connectivity index (χ0n) is 22.5. The second-order valence-corrected chi connectivity index (χ2v) is 11.2. The normalized spacial score (nSPS) is 15.8. The van der Waals surface area contributed by atoms with Crippen LogP contribution in [0.4, 0.5) is 23.8 Å². The third-order valence-corrected chi connectivity index (χ3v) is 6.95. The van der Waals surface area contributed by atoms with Crippen LogP contribution in [0.2, 0.25) is 10.0 Å². The molecule has 14 heteroatoms. The van der Waals surface area contributed by atoms with Crippen molar-refractivity contribution in [3.63, 3.8) is 0 Å². The molecular weight excluding hydrogens is 582 g/mol. The summed E-state index contributed by atoms with van der Waals surface area (Å²) >= 11 is 12.5. The molecular formula is C27H24Cl2F3N7O2. The van der Waals surface area contributed by atoms with Crippen molar-refractivity contribution in [2.24, 2.45) is 0 Å². The first-order chi connectivity index (χ1) is 19.2. The summed E-state index contributed by atoms with van der Waals surface area (Å²) in [7, 11) is 0. The Bertz CT molecular complexity index is 1670. The molecule has 1 amide bonds. The first-order valence-corrected chi connectivity index (χ1v) is 13.1. The van der Waals surface area contributed by atoms with Crippen molar-refractivity contribution < 1.29 is 22.7 Å². The maximum absolute atomic E-state index is 14.0. The van der Waals surface area contributed by atoms with Crippen LogP contribution in [0.25, 0.3) is 11.4 Å². The van der Waals surface area contributed by atoms with Crippen molar-refractivity contribution in [3.05, 3.63) is 87.3 Å². The van der Waals surface area contributed by atoms with Gasteiger partial charge in [0.15, 0.2) is 17.3 Å². The summed E-state index contributed by atoms with van der Waals surface area (Å²) in [5.41, 5.74) is -0.212. The number of allylic oxidation sites excluding steroid dienone is 2. The molecule has 5 rings (SSSR count). The molecule has 0 bridgehead atoms. The molecule has 0 N–H and O–H groups in total. The summed E-state index contributed by atoms with van der Waals surface area (Å²) in [5, 5.41) is 8.70. The highest BCUT2D eigenvalue weighted by Gasteiger charge is 2.44. The Morgan fingerprint density at radius 3 is 2.34 bits per heavy atom. The predicted octanol–water partition coefficient (Wildman–Crippen LogP) is 7.27. The van der Waals surface area contributed by atoms with Crippen LogP contribution in [0, 0.1) is 6.92 Å². The van der Waals surface area contributed by atoms with Crippen LogP contribution in [0.1, 0.15) is 56.4 Å². The number of hydrogen-bond donors (Lipinski definition) is 0. The molecule has 0 saturated heterocycles. The number of carbonyl (C=O) groups excluding carboxylic acids is 1.